The molecule has 1 N–H and O–H groups in total. The van der Waals surface area contributed by atoms with Crippen LogP contribution in [-0.4, -0.2) is 47.8 Å². The molecule has 1 aromatic rings. The van der Waals surface area contributed by atoms with Crippen molar-refractivity contribution in [3.63, 3.8) is 0 Å². The van der Waals surface area contributed by atoms with Crippen LogP contribution in [0.1, 0.15) is 50.5 Å². The zero-order valence-electron chi connectivity index (χ0n) is 15.4. The van der Waals surface area contributed by atoms with Crippen LogP contribution in [0.5, 0.6) is 0 Å². The van der Waals surface area contributed by atoms with Gasteiger partial charge in [-0.15, -0.1) is 0 Å². The first-order valence-electron chi connectivity index (χ1n) is 9.76. The Morgan fingerprint density at radius 3 is 2.36 bits per heavy atom. The third-order valence-corrected chi connectivity index (χ3v) is 7.25. The van der Waals surface area contributed by atoms with Gasteiger partial charge < -0.3 is 14.3 Å². The van der Waals surface area contributed by atoms with Gasteiger partial charge in [-0.1, -0.05) is 43.2 Å². The van der Waals surface area contributed by atoms with Gasteiger partial charge >= 0.3 is 5.97 Å². The molecule has 1 saturated carbocycles. The zero-order chi connectivity index (χ0) is 17.7. The van der Waals surface area contributed by atoms with E-state index in [2.05, 4.69) is 14.1 Å². The molecule has 4 rings (SSSR count). The number of ether oxygens (including phenoxy) is 1. The number of esters is 1. The van der Waals surface area contributed by atoms with E-state index in [0.29, 0.717) is 17.6 Å². The van der Waals surface area contributed by atoms with Gasteiger partial charge in [0.25, 0.3) is 0 Å². The maximum Gasteiger partial charge on any atom is 0.343 e. The SMILES string of the molecule is C[N+]1(C)C2CC[C@@H]1[C@@H](OC(=O)[C@](O)(c1ccccc1)C1CCCC1)C2. The van der Waals surface area contributed by atoms with Crippen LogP contribution in [0.2, 0.25) is 0 Å². The van der Waals surface area contributed by atoms with Gasteiger partial charge in [-0.2, -0.15) is 0 Å². The minimum atomic E-state index is -1.50. The summed E-state index contributed by atoms with van der Waals surface area (Å²) in [5, 5.41) is 11.5. The van der Waals surface area contributed by atoms with E-state index in [-0.39, 0.29) is 12.0 Å². The van der Waals surface area contributed by atoms with Crippen molar-refractivity contribution in [1.29, 1.82) is 0 Å². The molecule has 2 bridgehead atoms. The highest BCUT2D eigenvalue weighted by Crippen LogP contribution is 2.46. The Balaban J connectivity index is 1.59. The molecule has 2 aliphatic heterocycles. The first kappa shape index (κ1) is 17.0. The van der Waals surface area contributed by atoms with Crippen molar-refractivity contribution in [3.8, 4) is 0 Å². The lowest BCUT2D eigenvalue weighted by atomic mass is 9.80. The molecule has 0 amide bonds. The number of quaternary nitrogens is 1. The molecule has 25 heavy (non-hydrogen) atoms. The number of nitrogens with zero attached hydrogens (tertiary/aromatic N) is 1. The summed E-state index contributed by atoms with van der Waals surface area (Å²) in [5.74, 6) is -0.466. The lowest BCUT2D eigenvalue weighted by Crippen LogP contribution is -2.49. The number of rotatable bonds is 4. The Hall–Kier alpha value is -1.39. The average Bonchev–Trinajstić information content (AvgIpc) is 3.30. The number of likely N-dealkylation sites (N-methyl/N-ethyl adjacent to an activating group) is 1. The van der Waals surface area contributed by atoms with E-state index in [0.717, 1.165) is 43.0 Å². The maximum atomic E-state index is 13.2. The molecule has 2 saturated heterocycles. The lowest BCUT2D eigenvalue weighted by Gasteiger charge is -2.35. The topological polar surface area (TPSA) is 46.5 Å². The van der Waals surface area contributed by atoms with E-state index in [1.165, 1.54) is 6.42 Å². The first-order valence-corrected chi connectivity index (χ1v) is 9.76. The number of hydrogen-bond donors (Lipinski definition) is 1. The summed E-state index contributed by atoms with van der Waals surface area (Å²) in [6.07, 6.45) is 7.13. The van der Waals surface area contributed by atoms with Gasteiger partial charge in [0.1, 0.15) is 6.04 Å². The number of fused-ring (bicyclic) bond motifs is 2. The van der Waals surface area contributed by atoms with Gasteiger partial charge in [0.2, 0.25) is 0 Å². The molecule has 1 aromatic carbocycles. The third kappa shape index (κ3) is 2.61. The van der Waals surface area contributed by atoms with Crippen LogP contribution in [-0.2, 0) is 15.1 Å². The monoisotopic (exact) mass is 344 g/mol. The Labute approximate surface area is 150 Å². The summed E-state index contributed by atoms with van der Waals surface area (Å²) < 4.78 is 6.96. The number of benzene rings is 1. The highest BCUT2D eigenvalue weighted by molar-refractivity contribution is 5.82. The van der Waals surface area contributed by atoms with E-state index >= 15 is 0 Å². The molecule has 4 heteroatoms. The Morgan fingerprint density at radius 1 is 1.12 bits per heavy atom. The predicted octanol–water partition coefficient (Wildman–Crippen LogP) is 2.99. The molecule has 3 aliphatic rings. The van der Waals surface area contributed by atoms with Gasteiger partial charge in [-0.25, -0.2) is 4.79 Å². The average molecular weight is 344 g/mol. The van der Waals surface area contributed by atoms with Crippen LogP contribution in [0.15, 0.2) is 30.3 Å². The molecule has 1 unspecified atom stereocenters. The van der Waals surface area contributed by atoms with Crippen molar-refractivity contribution < 1.29 is 19.1 Å². The van der Waals surface area contributed by atoms with Crippen molar-refractivity contribution in [2.24, 2.45) is 5.92 Å². The fourth-order valence-electron chi connectivity index (χ4n) is 5.64. The van der Waals surface area contributed by atoms with Crippen LogP contribution >= 0.6 is 0 Å². The second kappa shape index (κ2) is 6.10. The quantitative estimate of drug-likeness (QED) is 0.675. The molecule has 0 radical (unpaired) electrons. The van der Waals surface area contributed by atoms with Crippen LogP contribution in [0.4, 0.5) is 0 Å². The standard InChI is InChI=1S/C21H30NO3/c1-22(2)17-12-13-18(22)19(14-17)25-20(23)21(24,16-10-6-7-11-16)15-8-4-3-5-9-15/h3-5,8-9,16-19,24H,6-7,10-14H2,1-2H3/q+1/t17?,18-,19+,21+/m1/s1. The van der Waals surface area contributed by atoms with Gasteiger partial charge in [0.15, 0.2) is 11.7 Å². The molecular formula is C21H30NO3+. The fourth-order valence-corrected chi connectivity index (χ4v) is 5.64. The van der Waals surface area contributed by atoms with Crippen LogP contribution < -0.4 is 0 Å². The number of hydrogen-bond acceptors (Lipinski definition) is 3. The zero-order valence-corrected chi connectivity index (χ0v) is 15.4. The minimum Gasteiger partial charge on any atom is -0.453 e. The minimum absolute atomic E-state index is 0.0384. The molecule has 0 aromatic heterocycles. The van der Waals surface area contributed by atoms with Gasteiger partial charge in [-0.05, 0) is 18.4 Å². The molecule has 2 heterocycles. The predicted molar refractivity (Wildman–Crippen MR) is 95.7 cm³/mol. The van der Waals surface area contributed by atoms with Crippen LogP contribution in [0.25, 0.3) is 0 Å². The van der Waals surface area contributed by atoms with Gasteiger partial charge in [0, 0.05) is 25.2 Å². The molecular weight excluding hydrogens is 314 g/mol. The van der Waals surface area contributed by atoms with Gasteiger partial charge in [-0.3, -0.25) is 0 Å². The molecule has 4 nitrogen and oxygen atoms in total. The van der Waals surface area contributed by atoms with Crippen LogP contribution in [0, 0.1) is 5.92 Å². The lowest BCUT2D eigenvalue weighted by molar-refractivity contribution is -0.913. The second-order valence-corrected chi connectivity index (χ2v) is 8.72. The van der Waals surface area contributed by atoms with E-state index in [1.54, 1.807) is 0 Å². The Kier molecular flexibility index (Phi) is 4.16. The van der Waals surface area contributed by atoms with Crippen molar-refractivity contribution in [1.82, 2.24) is 0 Å². The normalized spacial score (nSPS) is 33.3. The van der Waals surface area contributed by atoms with E-state index in [1.807, 2.05) is 30.3 Å². The van der Waals surface area contributed by atoms with Gasteiger partial charge in [0.05, 0.1) is 20.1 Å². The molecule has 0 spiro atoms. The maximum absolute atomic E-state index is 13.2. The molecule has 136 valence electrons. The number of carbonyl (C=O) groups excluding carboxylic acids is 1. The van der Waals surface area contributed by atoms with E-state index < -0.39 is 11.6 Å². The van der Waals surface area contributed by atoms with E-state index in [9.17, 15) is 9.90 Å². The summed E-state index contributed by atoms with van der Waals surface area (Å²) in [5.41, 5.74) is -0.819. The number of aliphatic hydroxyl groups is 1. The number of carbonyl (C=O) groups is 1. The fraction of sp³-hybridized carbons (Fsp3) is 0.667. The van der Waals surface area contributed by atoms with Crippen LogP contribution in [0.3, 0.4) is 0 Å². The highest BCUT2D eigenvalue weighted by atomic mass is 16.6. The summed E-state index contributed by atoms with van der Waals surface area (Å²) in [7, 11) is 4.49. The Bertz CT molecular complexity index is 638. The third-order valence-electron chi connectivity index (χ3n) is 7.25. The summed E-state index contributed by atoms with van der Waals surface area (Å²) in [4.78, 5) is 13.2. The smallest absolute Gasteiger partial charge is 0.343 e. The Morgan fingerprint density at radius 2 is 1.80 bits per heavy atom. The summed E-state index contributed by atoms with van der Waals surface area (Å²) in [6.45, 7) is 0. The second-order valence-electron chi connectivity index (χ2n) is 8.72. The van der Waals surface area contributed by atoms with E-state index in [4.69, 9.17) is 4.74 Å². The largest absolute Gasteiger partial charge is 0.453 e. The van der Waals surface area contributed by atoms with Crippen molar-refractivity contribution in [2.75, 3.05) is 14.1 Å². The van der Waals surface area contributed by atoms with Crippen molar-refractivity contribution in [3.05, 3.63) is 35.9 Å². The summed E-state index contributed by atoms with van der Waals surface area (Å²) in [6, 6.07) is 10.4. The van der Waals surface area contributed by atoms with Crippen molar-refractivity contribution in [2.45, 2.75) is 68.7 Å². The first-order chi connectivity index (χ1) is 11.9. The molecule has 3 fully saturated rings. The highest BCUT2D eigenvalue weighted by Gasteiger charge is 2.58. The molecule has 4 atom stereocenters. The van der Waals surface area contributed by atoms with Crippen molar-refractivity contribution >= 4 is 5.97 Å². The summed E-state index contributed by atoms with van der Waals surface area (Å²) >= 11 is 0. The molecule has 1 aliphatic carbocycles.